The van der Waals surface area contributed by atoms with Crippen molar-refractivity contribution in [3.63, 3.8) is 0 Å². The Bertz CT molecular complexity index is 676. The van der Waals surface area contributed by atoms with E-state index in [-0.39, 0.29) is 11.6 Å². The number of carbonyl (C=O) groups is 1. The molecule has 0 aliphatic rings. The van der Waals surface area contributed by atoms with Crippen molar-refractivity contribution < 1.29 is 14.1 Å². The van der Waals surface area contributed by atoms with Gasteiger partial charge in [0.2, 0.25) is 5.82 Å². The van der Waals surface area contributed by atoms with E-state index in [1.54, 1.807) is 31.3 Å². The Morgan fingerprint density at radius 1 is 1.38 bits per heavy atom. The van der Waals surface area contributed by atoms with Crippen molar-refractivity contribution in [2.24, 2.45) is 0 Å². The van der Waals surface area contributed by atoms with Gasteiger partial charge in [0, 0.05) is 17.8 Å². The summed E-state index contributed by atoms with van der Waals surface area (Å²) in [4.78, 5) is 25.8. The number of nitro benzene ring substituents is 1. The number of hydrogen-bond donors (Lipinski definition) is 1. The summed E-state index contributed by atoms with van der Waals surface area (Å²) in [5.74, 6) is -1.57. The van der Waals surface area contributed by atoms with Gasteiger partial charge in [-0.3, -0.25) is 19.9 Å². The number of carbonyl (C=O) groups excluding carboxylic acids is 1. The Morgan fingerprint density at radius 2 is 2.14 bits per heavy atom. The highest BCUT2D eigenvalue weighted by Gasteiger charge is 2.18. The molecule has 6 nitrogen and oxygen atoms in total. The molecule has 1 N–H and O–H groups in total. The number of rotatable bonds is 4. The van der Waals surface area contributed by atoms with Crippen molar-refractivity contribution in [2.45, 2.75) is 13.0 Å². The Labute approximate surface area is 119 Å². The molecule has 0 spiro atoms. The smallest absolute Gasteiger partial charge is 0.304 e. The van der Waals surface area contributed by atoms with Crippen LogP contribution in [0.25, 0.3) is 0 Å². The fourth-order valence-electron chi connectivity index (χ4n) is 1.78. The van der Waals surface area contributed by atoms with Gasteiger partial charge in [-0.2, -0.15) is 4.39 Å². The van der Waals surface area contributed by atoms with E-state index >= 15 is 0 Å². The molecule has 1 unspecified atom stereocenters. The summed E-state index contributed by atoms with van der Waals surface area (Å²) in [5.41, 5.74) is 0.0124. The van der Waals surface area contributed by atoms with Crippen molar-refractivity contribution in [1.29, 1.82) is 0 Å². The first kappa shape index (κ1) is 14.6. The zero-order chi connectivity index (χ0) is 15.4. The lowest BCUT2D eigenvalue weighted by molar-refractivity contribution is -0.387. The molecule has 108 valence electrons. The second kappa shape index (κ2) is 6.08. The van der Waals surface area contributed by atoms with Gasteiger partial charge in [0.05, 0.1) is 16.7 Å². The number of nitro groups is 1. The quantitative estimate of drug-likeness (QED) is 0.692. The molecule has 0 saturated heterocycles. The lowest BCUT2D eigenvalue weighted by Gasteiger charge is -2.13. The van der Waals surface area contributed by atoms with Crippen LogP contribution < -0.4 is 5.32 Å². The third kappa shape index (κ3) is 3.38. The number of halogens is 1. The second-order valence-electron chi connectivity index (χ2n) is 4.37. The molecule has 0 saturated carbocycles. The SMILES string of the molecule is CC(NC(=O)c1ccc([N+](=O)[O-])c(F)c1)c1ccccn1. The van der Waals surface area contributed by atoms with Crippen LogP contribution in [-0.2, 0) is 0 Å². The first-order valence-corrected chi connectivity index (χ1v) is 6.15. The molecule has 1 aromatic carbocycles. The van der Waals surface area contributed by atoms with Gasteiger partial charge in [-0.15, -0.1) is 0 Å². The van der Waals surface area contributed by atoms with Gasteiger partial charge in [-0.25, -0.2) is 0 Å². The fraction of sp³-hybridized carbons (Fsp3) is 0.143. The second-order valence-corrected chi connectivity index (χ2v) is 4.37. The zero-order valence-electron chi connectivity index (χ0n) is 11.1. The van der Waals surface area contributed by atoms with Crippen molar-refractivity contribution >= 4 is 11.6 Å². The minimum atomic E-state index is -1.04. The van der Waals surface area contributed by atoms with Crippen molar-refractivity contribution in [3.05, 3.63) is 69.8 Å². The predicted octanol–water partition coefficient (Wildman–Crippen LogP) is 2.62. The van der Waals surface area contributed by atoms with E-state index in [1.807, 2.05) is 0 Å². The number of pyridine rings is 1. The van der Waals surface area contributed by atoms with Crippen LogP contribution in [-0.4, -0.2) is 15.8 Å². The van der Waals surface area contributed by atoms with Crippen LogP contribution in [0.2, 0.25) is 0 Å². The summed E-state index contributed by atoms with van der Waals surface area (Å²) in [6, 6.07) is 7.95. The molecule has 21 heavy (non-hydrogen) atoms. The van der Waals surface area contributed by atoms with Crippen LogP contribution in [0.15, 0.2) is 42.6 Å². The van der Waals surface area contributed by atoms with Crippen LogP contribution >= 0.6 is 0 Å². The van der Waals surface area contributed by atoms with Crippen LogP contribution in [0, 0.1) is 15.9 Å². The molecule has 1 aromatic heterocycles. The summed E-state index contributed by atoms with van der Waals surface area (Å²) in [6.45, 7) is 1.74. The molecule has 2 rings (SSSR count). The predicted molar refractivity (Wildman–Crippen MR) is 73.2 cm³/mol. The highest BCUT2D eigenvalue weighted by atomic mass is 19.1. The highest BCUT2D eigenvalue weighted by Crippen LogP contribution is 2.18. The average Bonchev–Trinajstić information content (AvgIpc) is 2.47. The van der Waals surface area contributed by atoms with Crippen LogP contribution in [0.1, 0.15) is 29.0 Å². The van der Waals surface area contributed by atoms with E-state index in [9.17, 15) is 19.3 Å². The number of benzene rings is 1. The molecule has 1 atom stereocenters. The van der Waals surface area contributed by atoms with Gasteiger partial charge in [0.15, 0.2) is 0 Å². The number of nitrogens with one attached hydrogen (secondary N) is 1. The maximum atomic E-state index is 13.5. The molecule has 7 heteroatoms. The van der Waals surface area contributed by atoms with Crippen molar-refractivity contribution in [1.82, 2.24) is 10.3 Å². The number of amides is 1. The highest BCUT2D eigenvalue weighted by molar-refractivity contribution is 5.94. The van der Waals surface area contributed by atoms with E-state index < -0.39 is 22.3 Å². The molecular formula is C14H12FN3O3. The van der Waals surface area contributed by atoms with Gasteiger partial charge < -0.3 is 5.32 Å². The zero-order valence-corrected chi connectivity index (χ0v) is 11.1. The van der Waals surface area contributed by atoms with Crippen molar-refractivity contribution in [3.8, 4) is 0 Å². The van der Waals surface area contributed by atoms with E-state index in [4.69, 9.17) is 0 Å². The van der Waals surface area contributed by atoms with Gasteiger partial charge in [-0.1, -0.05) is 6.07 Å². The molecule has 1 heterocycles. The summed E-state index contributed by atoms with van der Waals surface area (Å²) >= 11 is 0. The fourth-order valence-corrected chi connectivity index (χ4v) is 1.78. The van der Waals surface area contributed by atoms with E-state index in [0.717, 1.165) is 12.1 Å². The van der Waals surface area contributed by atoms with E-state index in [1.165, 1.54) is 6.07 Å². The maximum Gasteiger partial charge on any atom is 0.304 e. The van der Waals surface area contributed by atoms with Crippen LogP contribution in [0.3, 0.4) is 0 Å². The largest absolute Gasteiger partial charge is 0.344 e. The first-order valence-electron chi connectivity index (χ1n) is 6.15. The topological polar surface area (TPSA) is 85.1 Å². The third-order valence-corrected chi connectivity index (χ3v) is 2.89. The lowest BCUT2D eigenvalue weighted by Crippen LogP contribution is -2.27. The summed E-state index contributed by atoms with van der Waals surface area (Å²) < 4.78 is 13.5. The Balaban J connectivity index is 2.14. The minimum Gasteiger partial charge on any atom is -0.344 e. The molecule has 0 radical (unpaired) electrons. The van der Waals surface area contributed by atoms with Gasteiger partial charge in [0.1, 0.15) is 0 Å². The molecular weight excluding hydrogens is 277 g/mol. The van der Waals surface area contributed by atoms with E-state index in [2.05, 4.69) is 10.3 Å². The summed E-state index contributed by atoms with van der Waals surface area (Å²) in [5, 5.41) is 13.2. The van der Waals surface area contributed by atoms with Gasteiger partial charge in [0.25, 0.3) is 5.91 Å². The third-order valence-electron chi connectivity index (χ3n) is 2.89. The molecule has 0 aliphatic carbocycles. The molecule has 0 fully saturated rings. The number of hydrogen-bond acceptors (Lipinski definition) is 4. The lowest BCUT2D eigenvalue weighted by atomic mass is 10.1. The molecule has 2 aromatic rings. The Hall–Kier alpha value is -2.83. The normalized spacial score (nSPS) is 11.7. The van der Waals surface area contributed by atoms with Gasteiger partial charge in [-0.05, 0) is 31.2 Å². The minimum absolute atomic E-state index is 0.0147. The number of nitrogens with zero attached hydrogens (tertiary/aromatic N) is 2. The van der Waals surface area contributed by atoms with Crippen molar-refractivity contribution in [2.75, 3.05) is 0 Å². The standard InChI is InChI=1S/C14H12FN3O3/c1-9(12-4-2-3-7-16-12)17-14(19)10-5-6-13(18(20)21)11(15)8-10/h2-9H,1H3,(H,17,19). The monoisotopic (exact) mass is 289 g/mol. The molecule has 0 bridgehead atoms. The average molecular weight is 289 g/mol. The maximum absolute atomic E-state index is 13.5. The van der Waals surface area contributed by atoms with E-state index in [0.29, 0.717) is 5.69 Å². The Kier molecular flexibility index (Phi) is 4.22. The van der Waals surface area contributed by atoms with Crippen LogP contribution in [0.5, 0.6) is 0 Å². The summed E-state index contributed by atoms with van der Waals surface area (Å²) in [6.07, 6.45) is 1.60. The van der Waals surface area contributed by atoms with Crippen LogP contribution in [0.4, 0.5) is 10.1 Å². The van der Waals surface area contributed by atoms with Gasteiger partial charge >= 0.3 is 5.69 Å². The Morgan fingerprint density at radius 3 is 2.71 bits per heavy atom. The molecule has 0 aliphatic heterocycles. The molecule has 1 amide bonds. The first-order chi connectivity index (χ1) is 9.99. The summed E-state index contributed by atoms with van der Waals surface area (Å²) in [7, 11) is 0. The number of aromatic nitrogens is 1.